The predicted molar refractivity (Wildman–Crippen MR) is 90.0 cm³/mol. The van der Waals surface area contributed by atoms with E-state index in [-0.39, 0.29) is 12.3 Å². The molecule has 0 radical (unpaired) electrons. The van der Waals surface area contributed by atoms with Crippen molar-refractivity contribution in [1.82, 2.24) is 4.98 Å². The monoisotopic (exact) mass is 425 g/mol. The molecule has 0 spiro atoms. The molecule has 0 bridgehead atoms. The fraction of sp³-hybridized carbons (Fsp3) is 0.278. The lowest BCUT2D eigenvalue weighted by Crippen LogP contribution is -2.23. The van der Waals surface area contributed by atoms with E-state index in [9.17, 15) is 26.3 Å². The van der Waals surface area contributed by atoms with Gasteiger partial charge in [-0.05, 0) is 18.1 Å². The van der Waals surface area contributed by atoms with E-state index in [2.05, 4.69) is 14.5 Å². The maximum absolute atomic E-state index is 14.2. The molecule has 2 aromatic rings. The van der Waals surface area contributed by atoms with Gasteiger partial charge in [0.1, 0.15) is 5.75 Å². The molecular formula is C18H14ClF6NO2. The van der Waals surface area contributed by atoms with Gasteiger partial charge in [-0.3, -0.25) is 4.98 Å². The summed E-state index contributed by atoms with van der Waals surface area (Å²) in [7, 11) is 0. The van der Waals surface area contributed by atoms with E-state index in [1.165, 1.54) is 12.3 Å². The molecule has 0 saturated carbocycles. The Bertz CT molecular complexity index is 814. The van der Waals surface area contributed by atoms with Gasteiger partial charge >= 0.3 is 12.3 Å². The maximum atomic E-state index is 14.2. The summed E-state index contributed by atoms with van der Waals surface area (Å²) in [6.45, 7) is 1.93. The second-order valence-corrected chi connectivity index (χ2v) is 6.01. The molecule has 3 nitrogen and oxygen atoms in total. The maximum Gasteiger partial charge on any atom is 0.444 e. The van der Waals surface area contributed by atoms with Crippen LogP contribution in [0.2, 0.25) is 5.02 Å². The lowest BCUT2D eigenvalue weighted by atomic mass is 10.1. The summed E-state index contributed by atoms with van der Waals surface area (Å²) in [6, 6.07) is 3.87. The van der Waals surface area contributed by atoms with Crippen molar-refractivity contribution in [1.29, 1.82) is 0 Å². The molecule has 0 unspecified atom stereocenters. The van der Waals surface area contributed by atoms with Crippen molar-refractivity contribution in [3.05, 3.63) is 64.9 Å². The number of halogens is 7. The lowest BCUT2D eigenvalue weighted by molar-refractivity contribution is -0.188. The molecule has 1 aromatic heterocycles. The van der Waals surface area contributed by atoms with Crippen molar-refractivity contribution in [2.75, 3.05) is 0 Å². The summed E-state index contributed by atoms with van der Waals surface area (Å²) < 4.78 is 87.5. The zero-order valence-electron chi connectivity index (χ0n) is 14.4. The van der Waals surface area contributed by atoms with E-state index >= 15 is 0 Å². The van der Waals surface area contributed by atoms with Crippen LogP contribution in [0.3, 0.4) is 0 Å². The van der Waals surface area contributed by atoms with Crippen LogP contribution in [-0.4, -0.2) is 11.2 Å². The lowest BCUT2D eigenvalue weighted by Gasteiger charge is -2.18. The van der Waals surface area contributed by atoms with Gasteiger partial charge in [-0.2, -0.15) is 22.0 Å². The Balaban J connectivity index is 2.18. The second kappa shape index (κ2) is 8.72. The van der Waals surface area contributed by atoms with Crippen molar-refractivity contribution in [3.8, 4) is 11.5 Å². The number of pyridine rings is 1. The average molecular weight is 426 g/mol. The zero-order chi connectivity index (χ0) is 20.9. The minimum Gasteiger partial charge on any atom is -0.460 e. The molecule has 152 valence electrons. The largest absolute Gasteiger partial charge is 0.460 e. The third-order valence-corrected chi connectivity index (χ3v) is 3.60. The summed E-state index contributed by atoms with van der Waals surface area (Å²) in [5, 5.41) is -0.552. The first-order valence-electron chi connectivity index (χ1n) is 7.94. The fourth-order valence-corrected chi connectivity index (χ4v) is 2.36. The molecule has 1 aromatic carbocycles. The van der Waals surface area contributed by atoms with Crippen molar-refractivity contribution in [3.63, 3.8) is 0 Å². The minimum atomic E-state index is -4.67. The quantitative estimate of drug-likeness (QED) is 0.379. The molecule has 1 heterocycles. The van der Waals surface area contributed by atoms with Gasteiger partial charge in [0, 0.05) is 18.3 Å². The van der Waals surface area contributed by atoms with Gasteiger partial charge in [-0.25, -0.2) is 4.39 Å². The highest BCUT2D eigenvalue weighted by atomic mass is 35.5. The Hall–Kier alpha value is -2.42. The van der Waals surface area contributed by atoms with E-state index in [0.717, 1.165) is 24.1 Å². The molecule has 0 fully saturated rings. The molecule has 0 N–H and O–H groups in total. The Morgan fingerprint density at radius 2 is 1.86 bits per heavy atom. The number of allylic oxidation sites excluding steroid dienone is 1. The molecular weight excluding hydrogens is 412 g/mol. The van der Waals surface area contributed by atoms with E-state index in [1.807, 2.05) is 6.92 Å². The topological polar surface area (TPSA) is 31.4 Å². The summed E-state index contributed by atoms with van der Waals surface area (Å²) in [6.07, 6.45) is -5.89. The molecule has 28 heavy (non-hydrogen) atoms. The first-order valence-corrected chi connectivity index (χ1v) is 8.32. The highest BCUT2D eigenvalue weighted by Gasteiger charge is 2.36. The molecule has 10 heteroatoms. The minimum absolute atomic E-state index is 0.182. The number of ether oxygens (including phenoxy) is 2. The van der Waals surface area contributed by atoms with Gasteiger partial charge < -0.3 is 9.47 Å². The standard InChI is InChI=1S/C18H14ClF6NO2/c1-2-3-11-4-5-15(26-10-11)18(24,25)28-12-8-13(19)16(14(20)9-12)27-7-6-17(21,22)23/h4-10H,2-3H2,1H3/b7-6+. The van der Waals surface area contributed by atoms with Gasteiger partial charge in [0.05, 0.1) is 17.4 Å². The number of nitrogens with zero attached hydrogens (tertiary/aromatic N) is 1. The van der Waals surface area contributed by atoms with Crippen LogP contribution in [0, 0.1) is 5.82 Å². The molecule has 0 amide bonds. The highest BCUT2D eigenvalue weighted by molar-refractivity contribution is 6.32. The van der Waals surface area contributed by atoms with Gasteiger partial charge in [0.15, 0.2) is 17.3 Å². The van der Waals surface area contributed by atoms with Crippen molar-refractivity contribution in [2.45, 2.75) is 32.1 Å². The third-order valence-electron chi connectivity index (χ3n) is 3.32. The van der Waals surface area contributed by atoms with Crippen molar-refractivity contribution < 1.29 is 35.8 Å². The normalized spacial score (nSPS) is 12.4. The summed E-state index contributed by atoms with van der Waals surface area (Å²) in [5.41, 5.74) is 0.0712. The number of benzene rings is 1. The number of rotatable bonds is 7. The fourth-order valence-electron chi connectivity index (χ4n) is 2.12. The van der Waals surface area contributed by atoms with Gasteiger partial charge in [-0.15, -0.1) is 0 Å². The molecule has 0 saturated heterocycles. The number of alkyl halides is 5. The van der Waals surface area contributed by atoms with E-state index in [1.54, 1.807) is 0 Å². The van der Waals surface area contributed by atoms with Crippen LogP contribution in [0.25, 0.3) is 0 Å². The van der Waals surface area contributed by atoms with Crippen molar-refractivity contribution >= 4 is 11.6 Å². The molecule has 0 aliphatic rings. The van der Waals surface area contributed by atoms with Gasteiger partial charge in [0.25, 0.3) is 0 Å². The van der Waals surface area contributed by atoms with Crippen LogP contribution in [0.5, 0.6) is 11.5 Å². The van der Waals surface area contributed by atoms with Gasteiger partial charge in [-0.1, -0.05) is 31.0 Å². The van der Waals surface area contributed by atoms with Crippen molar-refractivity contribution in [2.24, 2.45) is 0 Å². The summed E-state index contributed by atoms with van der Waals surface area (Å²) >= 11 is 5.69. The molecule has 0 atom stereocenters. The number of hydrogen-bond donors (Lipinski definition) is 0. The van der Waals surface area contributed by atoms with E-state index in [4.69, 9.17) is 11.6 Å². The molecule has 0 aliphatic heterocycles. The average Bonchev–Trinajstić information content (AvgIpc) is 2.57. The van der Waals surface area contributed by atoms with Crippen LogP contribution < -0.4 is 9.47 Å². The second-order valence-electron chi connectivity index (χ2n) is 5.60. The Morgan fingerprint density at radius 1 is 1.14 bits per heavy atom. The summed E-state index contributed by atoms with van der Waals surface area (Å²) in [5.74, 6) is -2.70. The Morgan fingerprint density at radius 3 is 2.39 bits per heavy atom. The van der Waals surface area contributed by atoms with E-state index < -0.39 is 40.3 Å². The van der Waals surface area contributed by atoms with Crippen LogP contribution in [0.4, 0.5) is 26.3 Å². The zero-order valence-corrected chi connectivity index (χ0v) is 15.1. The van der Waals surface area contributed by atoms with E-state index in [0.29, 0.717) is 12.5 Å². The predicted octanol–water partition coefficient (Wildman–Crippen LogP) is 6.41. The molecule has 0 aliphatic carbocycles. The Kier molecular flexibility index (Phi) is 6.82. The summed E-state index contributed by atoms with van der Waals surface area (Å²) in [4.78, 5) is 3.65. The first-order chi connectivity index (χ1) is 13.0. The smallest absolute Gasteiger partial charge is 0.444 e. The highest BCUT2D eigenvalue weighted by Crippen LogP contribution is 2.37. The third kappa shape index (κ3) is 6.05. The van der Waals surface area contributed by atoms with Gasteiger partial charge in [0.2, 0.25) is 0 Å². The molecule has 2 rings (SSSR count). The van der Waals surface area contributed by atoms with Crippen LogP contribution in [-0.2, 0) is 12.5 Å². The Labute approximate surface area is 161 Å². The number of aromatic nitrogens is 1. The first kappa shape index (κ1) is 21.9. The number of aryl methyl sites for hydroxylation is 1. The van der Waals surface area contributed by atoms with Crippen LogP contribution >= 0.6 is 11.6 Å². The SMILES string of the molecule is CCCc1ccc(C(F)(F)Oc2cc(F)c(O/C=C/C(F)(F)F)c(Cl)c2)nc1. The number of hydrogen-bond acceptors (Lipinski definition) is 3. The van der Waals surface area contributed by atoms with Crippen LogP contribution in [0.15, 0.2) is 42.8 Å². The van der Waals surface area contributed by atoms with Crippen LogP contribution in [0.1, 0.15) is 24.6 Å².